The fourth-order valence-electron chi connectivity index (χ4n) is 2.32. The summed E-state index contributed by atoms with van der Waals surface area (Å²) in [5.41, 5.74) is 0.766. The molecule has 130 valence electrons. The van der Waals surface area contributed by atoms with Crippen LogP contribution < -0.4 is 5.32 Å². The summed E-state index contributed by atoms with van der Waals surface area (Å²) in [5.74, 6) is 1.24. The van der Waals surface area contributed by atoms with Crippen LogP contribution in [0.15, 0.2) is 45.4 Å². The molecule has 0 spiro atoms. The lowest BCUT2D eigenvalue weighted by atomic mass is 10.2. The zero-order valence-electron chi connectivity index (χ0n) is 13.9. The zero-order chi connectivity index (χ0) is 17.6. The van der Waals surface area contributed by atoms with Crippen LogP contribution in [-0.4, -0.2) is 26.8 Å². The summed E-state index contributed by atoms with van der Waals surface area (Å²) in [6.07, 6.45) is 2.55. The topological polar surface area (TPSA) is 80.9 Å². The number of nitrogens with one attached hydrogen (secondary N) is 1. The van der Waals surface area contributed by atoms with E-state index in [2.05, 4.69) is 27.4 Å². The average Bonchev–Trinajstić information content (AvgIpc) is 3.30. The van der Waals surface area contributed by atoms with E-state index in [0.29, 0.717) is 16.7 Å². The molecule has 0 saturated heterocycles. The highest BCUT2D eigenvalue weighted by molar-refractivity contribution is 8.00. The molecule has 0 radical (unpaired) electrons. The predicted molar refractivity (Wildman–Crippen MR) is 98.5 cm³/mol. The van der Waals surface area contributed by atoms with Gasteiger partial charge in [0.2, 0.25) is 17.6 Å². The van der Waals surface area contributed by atoms with Gasteiger partial charge in [0.1, 0.15) is 5.03 Å². The Morgan fingerprint density at radius 2 is 2.28 bits per heavy atom. The third-order valence-electron chi connectivity index (χ3n) is 3.51. The SMILES string of the molecule is CCC(NC(=O)CSc1ncccc1-c1noc(C)n1)c1cccs1. The summed E-state index contributed by atoms with van der Waals surface area (Å²) in [7, 11) is 0. The number of amides is 1. The van der Waals surface area contributed by atoms with Crippen LogP contribution in [0.2, 0.25) is 0 Å². The Hall–Kier alpha value is -2.19. The van der Waals surface area contributed by atoms with Crippen LogP contribution in [0.5, 0.6) is 0 Å². The van der Waals surface area contributed by atoms with Gasteiger partial charge in [-0.25, -0.2) is 4.98 Å². The summed E-state index contributed by atoms with van der Waals surface area (Å²) in [5, 5.41) is 9.74. The Morgan fingerprint density at radius 1 is 1.40 bits per heavy atom. The van der Waals surface area contributed by atoms with Gasteiger partial charge < -0.3 is 9.84 Å². The van der Waals surface area contributed by atoms with Crippen LogP contribution in [0.25, 0.3) is 11.4 Å². The van der Waals surface area contributed by atoms with Gasteiger partial charge in [-0.3, -0.25) is 4.79 Å². The first kappa shape index (κ1) is 17.6. The van der Waals surface area contributed by atoms with Gasteiger partial charge in [-0.2, -0.15) is 4.98 Å². The number of nitrogens with zero attached hydrogens (tertiary/aromatic N) is 3. The largest absolute Gasteiger partial charge is 0.348 e. The molecule has 0 aliphatic heterocycles. The summed E-state index contributed by atoms with van der Waals surface area (Å²) in [6.45, 7) is 3.80. The molecule has 0 bridgehead atoms. The lowest BCUT2D eigenvalue weighted by Gasteiger charge is -2.15. The summed E-state index contributed by atoms with van der Waals surface area (Å²) in [4.78, 5) is 22.1. The van der Waals surface area contributed by atoms with Crippen molar-refractivity contribution in [3.63, 3.8) is 0 Å². The fourth-order valence-corrected chi connectivity index (χ4v) is 3.98. The second-order valence-corrected chi connectivity index (χ2v) is 7.27. The molecule has 1 unspecified atom stereocenters. The number of carbonyl (C=O) groups is 1. The molecule has 0 saturated carbocycles. The molecule has 3 rings (SSSR count). The standard InChI is InChI=1S/C17H18N4O2S2/c1-3-13(14-7-5-9-24-14)20-15(22)10-25-17-12(6-4-8-18-17)16-19-11(2)23-21-16/h4-9,13H,3,10H2,1-2H3,(H,20,22). The van der Waals surface area contributed by atoms with Crippen LogP contribution in [0.3, 0.4) is 0 Å². The molecular formula is C17H18N4O2S2. The predicted octanol–water partition coefficient (Wildman–Crippen LogP) is 3.86. The minimum atomic E-state index is -0.0221. The Labute approximate surface area is 154 Å². The maximum Gasteiger partial charge on any atom is 0.230 e. The van der Waals surface area contributed by atoms with E-state index >= 15 is 0 Å². The van der Waals surface area contributed by atoms with E-state index in [1.807, 2.05) is 29.6 Å². The third-order valence-corrected chi connectivity index (χ3v) is 5.50. The van der Waals surface area contributed by atoms with Crippen LogP contribution in [0, 0.1) is 6.92 Å². The van der Waals surface area contributed by atoms with Crippen molar-refractivity contribution in [3.05, 3.63) is 46.6 Å². The van der Waals surface area contributed by atoms with Crippen molar-refractivity contribution in [1.82, 2.24) is 20.4 Å². The Kier molecular flexibility index (Phi) is 5.83. The van der Waals surface area contributed by atoms with Crippen molar-refractivity contribution in [3.8, 4) is 11.4 Å². The molecule has 0 aliphatic rings. The normalized spacial score (nSPS) is 12.1. The van der Waals surface area contributed by atoms with E-state index < -0.39 is 0 Å². The van der Waals surface area contributed by atoms with E-state index in [1.165, 1.54) is 16.6 Å². The quantitative estimate of drug-likeness (QED) is 0.633. The first-order chi connectivity index (χ1) is 12.2. The molecule has 0 fully saturated rings. The molecule has 3 aromatic heterocycles. The smallest absolute Gasteiger partial charge is 0.230 e. The number of carbonyl (C=O) groups excluding carboxylic acids is 1. The number of hydrogen-bond donors (Lipinski definition) is 1. The van der Waals surface area contributed by atoms with E-state index in [1.54, 1.807) is 24.5 Å². The molecule has 8 heteroatoms. The lowest BCUT2D eigenvalue weighted by molar-refractivity contribution is -0.119. The van der Waals surface area contributed by atoms with Crippen molar-refractivity contribution in [2.75, 3.05) is 5.75 Å². The summed E-state index contributed by atoms with van der Waals surface area (Å²) < 4.78 is 5.03. The highest BCUT2D eigenvalue weighted by Gasteiger charge is 2.16. The van der Waals surface area contributed by atoms with E-state index in [9.17, 15) is 4.79 Å². The number of pyridine rings is 1. The minimum Gasteiger partial charge on any atom is -0.348 e. The highest BCUT2D eigenvalue weighted by Crippen LogP contribution is 2.28. The van der Waals surface area contributed by atoms with Crippen LogP contribution in [0.4, 0.5) is 0 Å². The van der Waals surface area contributed by atoms with Gasteiger partial charge in [-0.15, -0.1) is 11.3 Å². The number of aryl methyl sites for hydroxylation is 1. The van der Waals surface area contributed by atoms with E-state index in [0.717, 1.165) is 12.0 Å². The van der Waals surface area contributed by atoms with Crippen molar-refractivity contribution >= 4 is 29.0 Å². The number of rotatable bonds is 7. The van der Waals surface area contributed by atoms with Gasteiger partial charge in [-0.1, -0.05) is 29.9 Å². The molecule has 0 aliphatic carbocycles. The second-order valence-electron chi connectivity index (χ2n) is 5.33. The Morgan fingerprint density at radius 3 is 2.96 bits per heavy atom. The molecule has 1 atom stereocenters. The van der Waals surface area contributed by atoms with Crippen molar-refractivity contribution in [1.29, 1.82) is 0 Å². The van der Waals surface area contributed by atoms with Crippen LogP contribution >= 0.6 is 23.1 Å². The van der Waals surface area contributed by atoms with Crippen LogP contribution in [-0.2, 0) is 4.79 Å². The van der Waals surface area contributed by atoms with Crippen molar-refractivity contribution in [2.45, 2.75) is 31.3 Å². The molecule has 0 aromatic carbocycles. The highest BCUT2D eigenvalue weighted by atomic mass is 32.2. The average molecular weight is 374 g/mol. The lowest BCUT2D eigenvalue weighted by Crippen LogP contribution is -2.29. The number of thioether (sulfide) groups is 1. The Bertz CT molecular complexity index is 833. The van der Waals surface area contributed by atoms with Crippen molar-refractivity contribution < 1.29 is 9.32 Å². The molecule has 6 nitrogen and oxygen atoms in total. The monoisotopic (exact) mass is 374 g/mol. The maximum atomic E-state index is 12.3. The Balaban J connectivity index is 1.65. The number of hydrogen-bond acceptors (Lipinski definition) is 7. The first-order valence-electron chi connectivity index (χ1n) is 7.88. The minimum absolute atomic E-state index is 0.0221. The maximum absolute atomic E-state index is 12.3. The zero-order valence-corrected chi connectivity index (χ0v) is 15.6. The van der Waals surface area contributed by atoms with Gasteiger partial charge in [0.05, 0.1) is 17.4 Å². The van der Waals surface area contributed by atoms with Crippen LogP contribution in [0.1, 0.15) is 30.2 Å². The number of aromatic nitrogens is 3. The van der Waals surface area contributed by atoms with Gasteiger partial charge in [0, 0.05) is 18.0 Å². The summed E-state index contributed by atoms with van der Waals surface area (Å²) >= 11 is 3.02. The summed E-state index contributed by atoms with van der Waals surface area (Å²) in [6, 6.07) is 7.78. The molecule has 3 heterocycles. The van der Waals surface area contributed by atoms with E-state index in [-0.39, 0.29) is 17.7 Å². The molecular weight excluding hydrogens is 356 g/mol. The van der Waals surface area contributed by atoms with E-state index in [4.69, 9.17) is 4.52 Å². The van der Waals surface area contributed by atoms with Gasteiger partial charge >= 0.3 is 0 Å². The van der Waals surface area contributed by atoms with Gasteiger partial charge in [-0.05, 0) is 30.0 Å². The number of thiophene rings is 1. The molecule has 1 N–H and O–H groups in total. The van der Waals surface area contributed by atoms with Gasteiger partial charge in [0.25, 0.3) is 0 Å². The van der Waals surface area contributed by atoms with Crippen molar-refractivity contribution in [2.24, 2.45) is 0 Å². The molecule has 3 aromatic rings. The third kappa shape index (κ3) is 4.46. The first-order valence-corrected chi connectivity index (χ1v) is 9.75. The van der Waals surface area contributed by atoms with Gasteiger partial charge in [0.15, 0.2) is 0 Å². The second kappa shape index (κ2) is 8.26. The molecule has 1 amide bonds. The molecule has 25 heavy (non-hydrogen) atoms. The fraction of sp³-hybridized carbons (Fsp3) is 0.294.